The van der Waals surface area contributed by atoms with Gasteiger partial charge in [0, 0.05) is 11.6 Å². The fourth-order valence-electron chi connectivity index (χ4n) is 2.71. The van der Waals surface area contributed by atoms with E-state index in [-0.39, 0.29) is 11.5 Å². The third kappa shape index (κ3) is 2.12. The average molecular weight is 294 g/mol. The molecule has 0 amide bonds. The number of rotatable bonds is 2. The van der Waals surface area contributed by atoms with Crippen LogP contribution in [-0.4, -0.2) is 14.7 Å². The maximum atomic E-state index is 14.1. The molecule has 0 atom stereocenters. The highest BCUT2D eigenvalue weighted by Crippen LogP contribution is 2.33. The van der Waals surface area contributed by atoms with Gasteiger partial charge in [0.25, 0.3) is 0 Å². The topological polar surface area (TPSA) is 87.0 Å². The highest BCUT2D eigenvalue weighted by atomic mass is 19.1. The molecule has 0 saturated heterocycles. The van der Waals surface area contributed by atoms with E-state index in [4.69, 9.17) is 5.73 Å². The second-order valence-corrected chi connectivity index (χ2v) is 4.94. The monoisotopic (exact) mass is 294 g/mol. The first-order valence-electron chi connectivity index (χ1n) is 6.49. The van der Waals surface area contributed by atoms with Crippen molar-refractivity contribution in [2.45, 2.75) is 25.7 Å². The molecule has 110 valence electrons. The lowest BCUT2D eigenvalue weighted by molar-refractivity contribution is -0.385. The smallest absolute Gasteiger partial charge is 0.300 e. The molecule has 2 aromatic rings. The van der Waals surface area contributed by atoms with Gasteiger partial charge < -0.3 is 5.73 Å². The predicted octanol–water partition coefficient (Wildman–Crippen LogP) is 2.52. The Morgan fingerprint density at radius 2 is 2.00 bits per heavy atom. The highest BCUT2D eigenvalue weighted by Gasteiger charge is 2.28. The van der Waals surface area contributed by atoms with Crippen molar-refractivity contribution >= 4 is 11.5 Å². The largest absolute Gasteiger partial charge is 0.382 e. The standard InChI is InChI=1S/C13H12F2N4O2/c14-7-5-9(15)12(11(6-7)19(20)21)18-10-4-2-1-3-8(10)13(16)17-18/h5-6H,1-4H2,(H2,16,17). The van der Waals surface area contributed by atoms with E-state index in [9.17, 15) is 18.9 Å². The van der Waals surface area contributed by atoms with Gasteiger partial charge in [-0.1, -0.05) is 0 Å². The zero-order valence-electron chi connectivity index (χ0n) is 11.0. The number of nitro benzene ring substituents is 1. The minimum absolute atomic E-state index is 0.239. The van der Waals surface area contributed by atoms with Gasteiger partial charge in [-0.2, -0.15) is 0 Å². The van der Waals surface area contributed by atoms with Crippen molar-refractivity contribution in [3.05, 3.63) is 45.1 Å². The van der Waals surface area contributed by atoms with Gasteiger partial charge in [0.2, 0.25) is 0 Å². The molecule has 3 rings (SSSR count). The van der Waals surface area contributed by atoms with Crippen LogP contribution in [0.4, 0.5) is 20.3 Å². The molecule has 1 heterocycles. The summed E-state index contributed by atoms with van der Waals surface area (Å²) in [5.74, 6) is -1.79. The molecule has 1 aromatic carbocycles. The molecule has 21 heavy (non-hydrogen) atoms. The Morgan fingerprint density at radius 1 is 1.29 bits per heavy atom. The molecule has 1 aliphatic carbocycles. The van der Waals surface area contributed by atoms with Crippen LogP contribution < -0.4 is 5.73 Å². The van der Waals surface area contributed by atoms with Crippen LogP contribution >= 0.6 is 0 Å². The minimum Gasteiger partial charge on any atom is -0.382 e. The quantitative estimate of drug-likeness (QED) is 0.681. The van der Waals surface area contributed by atoms with E-state index in [1.807, 2.05) is 0 Å². The maximum Gasteiger partial charge on any atom is 0.300 e. The summed E-state index contributed by atoms with van der Waals surface area (Å²) < 4.78 is 28.5. The number of nitro groups is 1. The molecule has 1 aliphatic rings. The first-order chi connectivity index (χ1) is 9.99. The molecular weight excluding hydrogens is 282 g/mol. The fourth-order valence-corrected chi connectivity index (χ4v) is 2.71. The van der Waals surface area contributed by atoms with E-state index in [1.165, 1.54) is 0 Å². The number of aromatic nitrogens is 2. The van der Waals surface area contributed by atoms with E-state index in [0.29, 0.717) is 30.7 Å². The van der Waals surface area contributed by atoms with E-state index in [2.05, 4.69) is 5.10 Å². The summed E-state index contributed by atoms with van der Waals surface area (Å²) in [5.41, 5.74) is 6.23. The lowest BCUT2D eigenvalue weighted by atomic mass is 9.97. The van der Waals surface area contributed by atoms with Crippen molar-refractivity contribution in [2.24, 2.45) is 0 Å². The van der Waals surface area contributed by atoms with Gasteiger partial charge in [-0.3, -0.25) is 10.1 Å². The van der Waals surface area contributed by atoms with Crippen LogP contribution in [-0.2, 0) is 12.8 Å². The number of nitrogen functional groups attached to an aromatic ring is 1. The van der Waals surface area contributed by atoms with Crippen LogP contribution in [0.1, 0.15) is 24.1 Å². The SMILES string of the molecule is Nc1nn(-c2c(F)cc(F)cc2[N+](=O)[O-])c2c1CCCC2. The van der Waals surface area contributed by atoms with Crippen LogP contribution in [0, 0.1) is 21.7 Å². The number of benzene rings is 1. The molecule has 0 radical (unpaired) electrons. The van der Waals surface area contributed by atoms with Crippen molar-refractivity contribution in [1.29, 1.82) is 0 Å². The average Bonchev–Trinajstić information content (AvgIpc) is 2.76. The van der Waals surface area contributed by atoms with E-state index in [1.54, 1.807) is 0 Å². The number of nitrogens with two attached hydrogens (primary N) is 1. The summed E-state index contributed by atoms with van der Waals surface area (Å²) in [6.07, 6.45) is 3.12. The Hall–Kier alpha value is -2.51. The molecule has 1 aromatic heterocycles. The highest BCUT2D eigenvalue weighted by molar-refractivity contribution is 5.57. The molecule has 0 aliphatic heterocycles. The Morgan fingerprint density at radius 3 is 2.71 bits per heavy atom. The Kier molecular flexibility index (Phi) is 3.08. The number of hydrogen-bond donors (Lipinski definition) is 1. The molecule has 0 saturated carbocycles. The van der Waals surface area contributed by atoms with Crippen molar-refractivity contribution in [3.63, 3.8) is 0 Å². The number of anilines is 1. The van der Waals surface area contributed by atoms with Gasteiger partial charge >= 0.3 is 5.69 Å². The van der Waals surface area contributed by atoms with E-state index in [0.717, 1.165) is 23.1 Å². The molecule has 8 heteroatoms. The van der Waals surface area contributed by atoms with Crippen molar-refractivity contribution in [2.75, 3.05) is 5.73 Å². The summed E-state index contributed by atoms with van der Waals surface area (Å²) in [6, 6.07) is 1.29. The van der Waals surface area contributed by atoms with Crippen LogP contribution in [0.5, 0.6) is 0 Å². The summed E-state index contributed by atoms with van der Waals surface area (Å²) in [5, 5.41) is 15.1. The minimum atomic E-state index is -1.03. The number of nitrogens with zero attached hydrogens (tertiary/aromatic N) is 3. The lowest BCUT2D eigenvalue weighted by Gasteiger charge is -2.14. The van der Waals surface area contributed by atoms with Crippen LogP contribution in [0.3, 0.4) is 0 Å². The Labute approximate surface area is 118 Å². The molecule has 0 fully saturated rings. The lowest BCUT2D eigenvalue weighted by Crippen LogP contribution is -2.11. The van der Waals surface area contributed by atoms with Crippen molar-refractivity contribution < 1.29 is 13.7 Å². The number of fused-ring (bicyclic) bond motifs is 1. The van der Waals surface area contributed by atoms with Crippen LogP contribution in [0.2, 0.25) is 0 Å². The number of halogens is 2. The summed E-state index contributed by atoms with van der Waals surface area (Å²) in [6.45, 7) is 0. The Balaban J connectivity index is 2.28. The zero-order chi connectivity index (χ0) is 15.1. The third-order valence-corrected chi connectivity index (χ3v) is 3.63. The van der Waals surface area contributed by atoms with E-state index >= 15 is 0 Å². The van der Waals surface area contributed by atoms with Gasteiger partial charge in [0.05, 0.1) is 16.7 Å². The predicted molar refractivity (Wildman–Crippen MR) is 71.2 cm³/mol. The molecule has 6 nitrogen and oxygen atoms in total. The second-order valence-electron chi connectivity index (χ2n) is 4.94. The van der Waals surface area contributed by atoms with Crippen molar-refractivity contribution in [1.82, 2.24) is 9.78 Å². The summed E-state index contributed by atoms with van der Waals surface area (Å²) in [4.78, 5) is 10.2. The molecular formula is C13H12F2N4O2. The summed E-state index contributed by atoms with van der Waals surface area (Å²) >= 11 is 0. The van der Waals surface area contributed by atoms with Gasteiger partial charge in [0.1, 0.15) is 11.6 Å². The van der Waals surface area contributed by atoms with Crippen LogP contribution in [0.25, 0.3) is 5.69 Å². The van der Waals surface area contributed by atoms with Crippen LogP contribution in [0.15, 0.2) is 12.1 Å². The van der Waals surface area contributed by atoms with Gasteiger partial charge in [-0.15, -0.1) is 5.10 Å². The van der Waals surface area contributed by atoms with Gasteiger partial charge in [0.15, 0.2) is 11.5 Å². The van der Waals surface area contributed by atoms with Crippen molar-refractivity contribution in [3.8, 4) is 5.69 Å². The van der Waals surface area contributed by atoms with Gasteiger partial charge in [-0.05, 0) is 25.7 Å². The zero-order valence-corrected chi connectivity index (χ0v) is 11.0. The first-order valence-corrected chi connectivity index (χ1v) is 6.49. The molecule has 0 spiro atoms. The summed E-state index contributed by atoms with van der Waals surface area (Å²) in [7, 11) is 0. The molecule has 2 N–H and O–H groups in total. The third-order valence-electron chi connectivity index (χ3n) is 3.63. The second kappa shape index (κ2) is 4.80. The number of hydrogen-bond acceptors (Lipinski definition) is 4. The Bertz CT molecular complexity index is 742. The van der Waals surface area contributed by atoms with Gasteiger partial charge in [-0.25, -0.2) is 13.5 Å². The maximum absolute atomic E-state index is 14.1. The molecule has 0 bridgehead atoms. The molecule has 0 unspecified atom stereocenters. The first kappa shape index (κ1) is 13.5. The normalized spacial score (nSPS) is 14.0. The fraction of sp³-hybridized carbons (Fsp3) is 0.308. The van der Waals surface area contributed by atoms with E-state index < -0.39 is 22.2 Å².